The average Bonchev–Trinajstić information content (AvgIpc) is 0.909. The fraction of sp³-hybridized carbons (Fsp3) is 0.674. The van der Waals surface area contributed by atoms with Crippen molar-refractivity contribution in [1.82, 2.24) is 0 Å². The van der Waals surface area contributed by atoms with E-state index in [1.165, 1.54) is 103 Å². The first kappa shape index (κ1) is 102. The number of esters is 3. The molecule has 4 N–H and O–H groups in total. The number of hydrogen-bond donors (Lipinski definition) is 4. The Kier molecular flexibility index (Phi) is 77.0. The molecule has 0 saturated heterocycles. The van der Waals surface area contributed by atoms with Gasteiger partial charge in [0.05, 0.1) is 26.4 Å². The highest BCUT2D eigenvalue weighted by Gasteiger charge is 2.29. The summed E-state index contributed by atoms with van der Waals surface area (Å²) >= 11 is 0. The molecule has 0 aromatic heterocycles. The number of rotatable bonds is 78. The van der Waals surface area contributed by atoms with Crippen molar-refractivity contribution in [2.45, 2.75) is 347 Å². The molecule has 0 bridgehead atoms. The number of carbonyl (C=O) groups excluding carboxylic acids is 3. The van der Waals surface area contributed by atoms with Gasteiger partial charge in [-0.2, -0.15) is 0 Å². The Bertz CT molecular complexity index is 2580. The molecule has 612 valence electrons. The molecule has 0 aliphatic carbocycles. The van der Waals surface area contributed by atoms with Crippen LogP contribution in [-0.4, -0.2) is 95.9 Å². The summed E-state index contributed by atoms with van der Waals surface area (Å²) in [4.78, 5) is 58.8. The molecule has 0 rings (SSSR count). The summed E-state index contributed by atoms with van der Waals surface area (Å²) in [5.41, 5.74) is 0. The second kappa shape index (κ2) is 80.7. The number of phosphoric acid groups is 2. The van der Waals surface area contributed by atoms with E-state index in [1.807, 2.05) is 0 Å². The molecule has 0 heterocycles. The molecule has 0 fully saturated rings. The molecular formula is C89H150O16P2. The topological polar surface area (TPSA) is 231 Å². The minimum atomic E-state index is -4.95. The van der Waals surface area contributed by atoms with Gasteiger partial charge in [-0.15, -0.1) is 0 Å². The van der Waals surface area contributed by atoms with E-state index in [9.17, 15) is 43.5 Å². The lowest BCUT2D eigenvalue weighted by Crippen LogP contribution is -2.30. The van der Waals surface area contributed by atoms with Gasteiger partial charge in [-0.1, -0.05) is 320 Å². The summed E-state index contributed by atoms with van der Waals surface area (Å²) in [6.07, 6.45) is 101. The smallest absolute Gasteiger partial charge is 0.463 e. The number of aliphatic hydroxyl groups is 2. The number of phosphoric ester groups is 2. The van der Waals surface area contributed by atoms with Gasteiger partial charge in [-0.25, -0.2) is 9.13 Å². The van der Waals surface area contributed by atoms with Crippen LogP contribution in [0.25, 0.3) is 0 Å². The molecule has 0 aliphatic rings. The Hall–Kier alpha value is -4.83. The molecule has 0 aliphatic heterocycles. The molecular weight excluding hydrogens is 1390 g/mol. The van der Waals surface area contributed by atoms with Crippen LogP contribution in [0.4, 0.5) is 0 Å². The van der Waals surface area contributed by atoms with E-state index < -0.39 is 91.5 Å². The van der Waals surface area contributed by atoms with Crippen LogP contribution in [0.15, 0.2) is 158 Å². The third-order valence-corrected chi connectivity index (χ3v) is 19.1. The van der Waals surface area contributed by atoms with Crippen molar-refractivity contribution in [3.05, 3.63) is 158 Å². The third-order valence-electron chi connectivity index (χ3n) is 17.2. The Labute approximate surface area is 650 Å². The maximum Gasteiger partial charge on any atom is 0.472 e. The molecule has 0 saturated carbocycles. The van der Waals surface area contributed by atoms with E-state index in [2.05, 4.69) is 179 Å². The van der Waals surface area contributed by atoms with Gasteiger partial charge in [0.1, 0.15) is 25.4 Å². The molecule has 107 heavy (non-hydrogen) atoms. The van der Waals surface area contributed by atoms with E-state index in [-0.39, 0.29) is 19.3 Å². The maximum atomic E-state index is 13.0. The standard InChI is InChI=1S/C89H150O16P2/c1-4-7-10-13-16-19-22-25-28-31-33-35-37-38-39-40-41-42-43-44-46-48-49-52-54-57-60-63-66-69-72-75-87(92)99-78-84(90)79-101-106(95,96)102-80-85(91)81-103-107(97,98)104-83-86(105-89(94)77-74-71-68-65-62-59-56-51-30-27-24-21-18-15-12-9-6-3)82-100-88(93)76-73-70-67-64-61-58-55-53-50-47-45-36-34-32-29-26-23-20-17-14-11-8-5-2/h7,9-10,12,16-21,25-30,33-36,38-39,47,50,56,59,84-86,90-91H,4-6,8,11,13-15,22-24,31-32,37,40-46,48-49,51-55,57-58,60-83H2,1-3H3,(H,95,96)(H,97,98)/b10-7-,12-9-,19-16-,20-17-,21-18-,28-25-,29-26-,30-27-,35-33-,36-34-,39-38-,50-47-,59-56-. The number of carbonyl (C=O) groups is 3. The Balaban J connectivity index is 4.56. The zero-order chi connectivity index (χ0) is 78.0. The Morgan fingerprint density at radius 3 is 0.785 bits per heavy atom. The normalized spacial score (nSPS) is 14.7. The number of ether oxygens (including phenoxy) is 3. The maximum absolute atomic E-state index is 13.0. The summed E-state index contributed by atoms with van der Waals surface area (Å²) in [5.74, 6) is -1.61. The van der Waals surface area contributed by atoms with Crippen molar-refractivity contribution in [3.63, 3.8) is 0 Å². The van der Waals surface area contributed by atoms with Crippen molar-refractivity contribution in [1.29, 1.82) is 0 Å². The molecule has 0 aromatic carbocycles. The molecule has 0 radical (unpaired) electrons. The summed E-state index contributed by atoms with van der Waals surface area (Å²) < 4.78 is 61.2. The largest absolute Gasteiger partial charge is 0.472 e. The van der Waals surface area contributed by atoms with Crippen LogP contribution in [0.5, 0.6) is 0 Å². The number of allylic oxidation sites excluding steroid dienone is 26. The van der Waals surface area contributed by atoms with Crippen LogP contribution >= 0.6 is 15.6 Å². The quantitative estimate of drug-likeness (QED) is 0.0146. The monoisotopic (exact) mass is 1540 g/mol. The zero-order valence-corrected chi connectivity index (χ0v) is 68.8. The first-order valence-electron chi connectivity index (χ1n) is 41.8. The van der Waals surface area contributed by atoms with Crippen LogP contribution in [0.1, 0.15) is 329 Å². The van der Waals surface area contributed by atoms with E-state index in [0.29, 0.717) is 19.3 Å². The number of aliphatic hydroxyl groups excluding tert-OH is 2. The van der Waals surface area contributed by atoms with Crippen LogP contribution in [-0.2, 0) is 55.8 Å². The summed E-state index contributed by atoms with van der Waals surface area (Å²) in [5, 5.41) is 20.7. The van der Waals surface area contributed by atoms with Crippen molar-refractivity contribution >= 4 is 33.6 Å². The Morgan fingerprint density at radius 2 is 0.495 bits per heavy atom. The SMILES string of the molecule is CC/C=C\C/C=C\C/C=C\C/C=C\C/C=C\CCCCCCCCCCCCCCCCCC(=O)OCC(O)COP(=O)(O)OCC(O)COP(=O)(O)OCC(COC(=O)CCCCCCCCC/C=C\C/C=C\C/C=C\C/C=C\CCCCC)OC(=O)CCCCCC/C=C\C/C=C\C/C=C\C/C=C\CC. The summed E-state index contributed by atoms with van der Waals surface area (Å²) in [6.45, 7) is 2.40. The Morgan fingerprint density at radius 1 is 0.271 bits per heavy atom. The van der Waals surface area contributed by atoms with Gasteiger partial charge in [0.25, 0.3) is 0 Å². The fourth-order valence-electron chi connectivity index (χ4n) is 10.9. The van der Waals surface area contributed by atoms with E-state index in [1.54, 1.807) is 0 Å². The van der Waals surface area contributed by atoms with Crippen molar-refractivity contribution in [2.24, 2.45) is 0 Å². The number of unbranched alkanes of at least 4 members (excludes halogenated alkanes) is 29. The zero-order valence-electron chi connectivity index (χ0n) is 67.0. The van der Waals surface area contributed by atoms with Crippen LogP contribution in [0.2, 0.25) is 0 Å². The minimum absolute atomic E-state index is 0.0698. The van der Waals surface area contributed by atoms with Gasteiger partial charge in [-0.3, -0.25) is 32.5 Å². The van der Waals surface area contributed by atoms with Gasteiger partial charge < -0.3 is 34.2 Å². The predicted molar refractivity (Wildman–Crippen MR) is 445 cm³/mol. The lowest BCUT2D eigenvalue weighted by atomic mass is 10.0. The van der Waals surface area contributed by atoms with Crippen molar-refractivity contribution < 1.29 is 75.8 Å². The second-order valence-corrected chi connectivity index (χ2v) is 30.4. The van der Waals surface area contributed by atoms with E-state index in [0.717, 1.165) is 167 Å². The van der Waals surface area contributed by atoms with Crippen LogP contribution in [0, 0.1) is 0 Å². The van der Waals surface area contributed by atoms with Gasteiger partial charge in [0.15, 0.2) is 6.10 Å². The highest BCUT2D eigenvalue weighted by atomic mass is 31.2. The summed E-state index contributed by atoms with van der Waals surface area (Å²) in [6, 6.07) is 0. The molecule has 5 atom stereocenters. The lowest BCUT2D eigenvalue weighted by molar-refractivity contribution is -0.161. The molecule has 0 spiro atoms. The van der Waals surface area contributed by atoms with Crippen molar-refractivity contribution in [2.75, 3.05) is 39.6 Å². The van der Waals surface area contributed by atoms with Crippen molar-refractivity contribution in [3.8, 4) is 0 Å². The van der Waals surface area contributed by atoms with E-state index in [4.69, 9.17) is 32.3 Å². The molecule has 0 amide bonds. The highest BCUT2D eigenvalue weighted by molar-refractivity contribution is 7.47. The van der Waals surface area contributed by atoms with Crippen LogP contribution in [0.3, 0.4) is 0 Å². The minimum Gasteiger partial charge on any atom is -0.463 e. The van der Waals surface area contributed by atoms with Gasteiger partial charge in [0.2, 0.25) is 0 Å². The molecule has 16 nitrogen and oxygen atoms in total. The molecule has 18 heteroatoms. The second-order valence-electron chi connectivity index (χ2n) is 27.5. The van der Waals surface area contributed by atoms with Crippen LogP contribution < -0.4 is 0 Å². The van der Waals surface area contributed by atoms with Gasteiger partial charge >= 0.3 is 33.6 Å². The molecule has 5 unspecified atom stereocenters. The van der Waals surface area contributed by atoms with Gasteiger partial charge in [0, 0.05) is 19.3 Å². The fourth-order valence-corrected chi connectivity index (χ4v) is 12.5. The third kappa shape index (κ3) is 82.0. The van der Waals surface area contributed by atoms with E-state index >= 15 is 0 Å². The highest BCUT2D eigenvalue weighted by Crippen LogP contribution is 2.45. The first-order chi connectivity index (χ1) is 52.2. The number of hydrogen-bond acceptors (Lipinski definition) is 14. The predicted octanol–water partition coefficient (Wildman–Crippen LogP) is 25.0. The lowest BCUT2D eigenvalue weighted by Gasteiger charge is -2.21. The average molecular weight is 1540 g/mol. The molecule has 0 aromatic rings. The first-order valence-corrected chi connectivity index (χ1v) is 44.8. The van der Waals surface area contributed by atoms with Gasteiger partial charge in [-0.05, 0) is 148 Å². The summed E-state index contributed by atoms with van der Waals surface area (Å²) in [7, 11) is -9.81.